The Morgan fingerprint density at radius 2 is 1.81 bits per heavy atom. The summed E-state index contributed by atoms with van der Waals surface area (Å²) in [4.78, 5) is 6.90. The fourth-order valence-corrected chi connectivity index (χ4v) is 3.97. The molecular weight excluding hydrogens is 519 g/mol. The number of guanidine groups is 1. The Kier molecular flexibility index (Phi) is 9.43. The van der Waals surface area contributed by atoms with Gasteiger partial charge in [0.2, 0.25) is 0 Å². The standard InChI is InChI=1S/C24H32N4O3.HI/c1-18-5-3-6-19(15-18)21(28-9-13-29-14-10-28)17-26-24(25-2)27-20-7-8-22-23(16-20)31-12-4-11-30-22;/h3,5-8,15-16,21H,4,9-14,17H2,1-2H3,(H2,25,26,27);1H. The number of nitrogens with one attached hydrogen (secondary N) is 2. The van der Waals surface area contributed by atoms with E-state index in [1.807, 2.05) is 18.2 Å². The van der Waals surface area contributed by atoms with E-state index >= 15 is 0 Å². The van der Waals surface area contributed by atoms with Crippen molar-refractivity contribution in [3.05, 3.63) is 53.6 Å². The zero-order chi connectivity index (χ0) is 21.5. The van der Waals surface area contributed by atoms with E-state index < -0.39 is 0 Å². The van der Waals surface area contributed by atoms with Crippen molar-refractivity contribution in [3.63, 3.8) is 0 Å². The molecule has 2 aromatic rings. The van der Waals surface area contributed by atoms with Gasteiger partial charge in [0.05, 0.1) is 32.5 Å². The van der Waals surface area contributed by atoms with Gasteiger partial charge in [0.1, 0.15) is 0 Å². The van der Waals surface area contributed by atoms with Crippen LogP contribution in [-0.2, 0) is 4.74 Å². The Bertz CT molecular complexity index is 903. The van der Waals surface area contributed by atoms with Crippen LogP contribution in [0.15, 0.2) is 47.5 Å². The number of hydrogen-bond acceptors (Lipinski definition) is 5. The molecule has 2 heterocycles. The third-order valence-electron chi connectivity index (χ3n) is 5.61. The number of nitrogens with zero attached hydrogens (tertiary/aromatic N) is 2. The lowest BCUT2D eigenvalue weighted by Crippen LogP contribution is -2.44. The third kappa shape index (κ3) is 6.49. The van der Waals surface area contributed by atoms with Crippen molar-refractivity contribution in [1.82, 2.24) is 10.2 Å². The van der Waals surface area contributed by atoms with E-state index in [-0.39, 0.29) is 30.0 Å². The van der Waals surface area contributed by atoms with Crippen molar-refractivity contribution < 1.29 is 14.2 Å². The van der Waals surface area contributed by atoms with E-state index in [1.165, 1.54) is 11.1 Å². The highest BCUT2D eigenvalue weighted by Crippen LogP contribution is 2.32. The number of aryl methyl sites for hydroxylation is 1. The lowest BCUT2D eigenvalue weighted by molar-refractivity contribution is 0.0170. The molecule has 4 rings (SSSR count). The molecule has 2 aliphatic rings. The van der Waals surface area contributed by atoms with Crippen LogP contribution >= 0.6 is 24.0 Å². The molecule has 1 saturated heterocycles. The number of halogens is 1. The van der Waals surface area contributed by atoms with Crippen LogP contribution in [0.25, 0.3) is 0 Å². The summed E-state index contributed by atoms with van der Waals surface area (Å²) in [5, 5.41) is 6.89. The number of hydrogen-bond donors (Lipinski definition) is 2. The second kappa shape index (κ2) is 12.3. The van der Waals surface area contributed by atoms with E-state index in [0.29, 0.717) is 13.2 Å². The molecule has 2 aliphatic heterocycles. The van der Waals surface area contributed by atoms with E-state index in [4.69, 9.17) is 14.2 Å². The number of morpholine rings is 1. The zero-order valence-corrected chi connectivity index (χ0v) is 21.1. The van der Waals surface area contributed by atoms with Gasteiger partial charge in [-0.15, -0.1) is 24.0 Å². The summed E-state index contributed by atoms with van der Waals surface area (Å²) in [6, 6.07) is 14.9. The summed E-state index contributed by atoms with van der Waals surface area (Å²) >= 11 is 0. The molecule has 0 saturated carbocycles. The Balaban J connectivity index is 0.00000289. The van der Waals surface area contributed by atoms with Gasteiger partial charge in [-0.25, -0.2) is 0 Å². The Labute approximate surface area is 207 Å². The predicted octanol–water partition coefficient (Wildman–Crippen LogP) is 3.84. The maximum Gasteiger partial charge on any atom is 0.195 e. The summed E-state index contributed by atoms with van der Waals surface area (Å²) in [5.41, 5.74) is 3.49. The molecule has 1 atom stereocenters. The minimum Gasteiger partial charge on any atom is -0.490 e. The topological polar surface area (TPSA) is 67.4 Å². The molecule has 2 aromatic carbocycles. The summed E-state index contributed by atoms with van der Waals surface area (Å²) in [6.07, 6.45) is 0.891. The van der Waals surface area contributed by atoms with Crippen LogP contribution in [-0.4, -0.2) is 64.0 Å². The van der Waals surface area contributed by atoms with Gasteiger partial charge in [0.25, 0.3) is 0 Å². The van der Waals surface area contributed by atoms with Gasteiger partial charge in [0, 0.05) is 44.9 Å². The summed E-state index contributed by atoms with van der Waals surface area (Å²) in [6.45, 7) is 7.62. The second-order valence-electron chi connectivity index (χ2n) is 7.87. The normalized spacial score (nSPS) is 17.6. The van der Waals surface area contributed by atoms with E-state index in [0.717, 1.165) is 62.4 Å². The van der Waals surface area contributed by atoms with Gasteiger partial charge in [-0.2, -0.15) is 0 Å². The smallest absolute Gasteiger partial charge is 0.195 e. The largest absolute Gasteiger partial charge is 0.490 e. The van der Waals surface area contributed by atoms with Gasteiger partial charge >= 0.3 is 0 Å². The molecule has 1 unspecified atom stereocenters. The Morgan fingerprint density at radius 3 is 2.56 bits per heavy atom. The summed E-state index contributed by atoms with van der Waals surface area (Å²) < 4.78 is 17.1. The zero-order valence-electron chi connectivity index (χ0n) is 18.8. The number of rotatable bonds is 5. The van der Waals surface area contributed by atoms with Crippen molar-refractivity contribution in [2.24, 2.45) is 4.99 Å². The van der Waals surface area contributed by atoms with Gasteiger partial charge in [-0.1, -0.05) is 29.8 Å². The number of aliphatic imine (C=N–C) groups is 1. The molecule has 174 valence electrons. The fraction of sp³-hybridized carbons (Fsp3) is 0.458. The van der Waals surface area contributed by atoms with Crippen molar-refractivity contribution >= 4 is 35.6 Å². The number of benzene rings is 2. The van der Waals surface area contributed by atoms with Gasteiger partial charge in [-0.05, 0) is 24.6 Å². The maximum atomic E-state index is 5.81. The minimum atomic E-state index is 0. The first-order chi connectivity index (χ1) is 15.2. The number of fused-ring (bicyclic) bond motifs is 1. The molecule has 7 nitrogen and oxygen atoms in total. The molecule has 0 amide bonds. The molecule has 0 spiro atoms. The van der Waals surface area contributed by atoms with Crippen LogP contribution in [0, 0.1) is 6.92 Å². The Morgan fingerprint density at radius 1 is 1.03 bits per heavy atom. The van der Waals surface area contributed by atoms with Crippen molar-refractivity contribution in [1.29, 1.82) is 0 Å². The van der Waals surface area contributed by atoms with Crippen LogP contribution in [0.3, 0.4) is 0 Å². The first kappa shape index (κ1) is 24.6. The molecule has 1 fully saturated rings. The van der Waals surface area contributed by atoms with Crippen LogP contribution < -0.4 is 20.1 Å². The molecule has 0 aromatic heterocycles. The third-order valence-corrected chi connectivity index (χ3v) is 5.61. The molecule has 8 heteroatoms. The highest BCUT2D eigenvalue weighted by Gasteiger charge is 2.23. The minimum absolute atomic E-state index is 0. The molecule has 2 N–H and O–H groups in total. The van der Waals surface area contributed by atoms with E-state index in [9.17, 15) is 0 Å². The van der Waals surface area contributed by atoms with Crippen LogP contribution in [0.4, 0.5) is 5.69 Å². The SMILES string of the molecule is CN=C(NCC(c1cccc(C)c1)N1CCOCC1)Nc1ccc2c(c1)OCCCO2.I. The average Bonchev–Trinajstić information content (AvgIpc) is 3.04. The molecule has 32 heavy (non-hydrogen) atoms. The second-order valence-corrected chi connectivity index (χ2v) is 7.87. The van der Waals surface area contributed by atoms with Crippen LogP contribution in [0.1, 0.15) is 23.6 Å². The fourth-order valence-electron chi connectivity index (χ4n) is 3.97. The lowest BCUT2D eigenvalue weighted by Gasteiger charge is -2.35. The Hall–Kier alpha value is -2.04. The monoisotopic (exact) mass is 552 g/mol. The van der Waals surface area contributed by atoms with Crippen LogP contribution in [0.2, 0.25) is 0 Å². The lowest BCUT2D eigenvalue weighted by atomic mass is 10.0. The highest BCUT2D eigenvalue weighted by molar-refractivity contribution is 14.0. The number of ether oxygens (including phenoxy) is 3. The maximum absolute atomic E-state index is 5.81. The predicted molar refractivity (Wildman–Crippen MR) is 139 cm³/mol. The molecule has 0 radical (unpaired) electrons. The summed E-state index contributed by atoms with van der Waals surface area (Å²) in [7, 11) is 1.79. The highest BCUT2D eigenvalue weighted by atomic mass is 127. The average molecular weight is 552 g/mol. The quantitative estimate of drug-likeness (QED) is 0.334. The molecule has 0 bridgehead atoms. The van der Waals surface area contributed by atoms with Gasteiger partial charge in [-0.3, -0.25) is 9.89 Å². The van der Waals surface area contributed by atoms with Crippen molar-refractivity contribution in [2.45, 2.75) is 19.4 Å². The molecular formula is C24H33IN4O3. The van der Waals surface area contributed by atoms with Gasteiger partial charge < -0.3 is 24.8 Å². The van der Waals surface area contributed by atoms with E-state index in [2.05, 4.69) is 51.7 Å². The van der Waals surface area contributed by atoms with Gasteiger partial charge in [0.15, 0.2) is 17.5 Å². The first-order valence-corrected chi connectivity index (χ1v) is 11.0. The number of anilines is 1. The first-order valence-electron chi connectivity index (χ1n) is 11.0. The van der Waals surface area contributed by atoms with Crippen molar-refractivity contribution in [2.75, 3.05) is 58.4 Å². The van der Waals surface area contributed by atoms with Crippen LogP contribution in [0.5, 0.6) is 11.5 Å². The van der Waals surface area contributed by atoms with E-state index in [1.54, 1.807) is 7.05 Å². The van der Waals surface area contributed by atoms with Crippen molar-refractivity contribution in [3.8, 4) is 11.5 Å². The summed E-state index contributed by atoms with van der Waals surface area (Å²) in [5.74, 6) is 2.28. The molecule has 0 aliphatic carbocycles.